The van der Waals surface area contributed by atoms with Gasteiger partial charge in [0.15, 0.2) is 0 Å². The molecule has 7 heteroatoms. The number of piperazine rings is 1. The van der Waals surface area contributed by atoms with Gasteiger partial charge in [-0.1, -0.05) is 34.3 Å². The normalized spacial score (nSPS) is 19.6. The predicted octanol–water partition coefficient (Wildman–Crippen LogP) is 2.76. The lowest BCUT2D eigenvalue weighted by molar-refractivity contribution is 0.152. The van der Waals surface area contributed by atoms with Crippen molar-refractivity contribution < 1.29 is 0 Å². The van der Waals surface area contributed by atoms with Gasteiger partial charge in [-0.3, -0.25) is 4.90 Å². The van der Waals surface area contributed by atoms with Crippen LogP contribution in [0.5, 0.6) is 0 Å². The van der Waals surface area contributed by atoms with Gasteiger partial charge in [-0.25, -0.2) is 0 Å². The average molecular weight is 331 g/mol. The van der Waals surface area contributed by atoms with Crippen molar-refractivity contribution in [2.45, 2.75) is 12.6 Å². The number of aromatic nitrogens is 2. The summed E-state index contributed by atoms with van der Waals surface area (Å²) >= 11 is 7.72. The first-order valence-corrected chi connectivity index (χ1v) is 7.51. The number of nitrogens with one attached hydrogen (secondary N) is 1. The molecule has 0 radical (unpaired) electrons. The zero-order valence-corrected chi connectivity index (χ0v) is 13.2. The molecule has 1 aromatic carbocycles. The Balaban J connectivity index is 0.00000147. The second kappa shape index (κ2) is 7.33. The molecule has 1 N–H and O–H groups in total. The summed E-state index contributed by atoms with van der Waals surface area (Å²) in [4.78, 5) is 2.41. The molecule has 2 heterocycles. The van der Waals surface area contributed by atoms with Gasteiger partial charge in [0.1, 0.15) is 0 Å². The highest BCUT2D eigenvalue weighted by molar-refractivity contribution is 7.03. The van der Waals surface area contributed by atoms with E-state index in [1.165, 1.54) is 17.1 Å². The monoisotopic (exact) mass is 330 g/mol. The fourth-order valence-corrected chi connectivity index (χ4v) is 3.15. The maximum absolute atomic E-state index is 6.32. The zero-order chi connectivity index (χ0) is 13.1. The van der Waals surface area contributed by atoms with Crippen molar-refractivity contribution in [3.8, 4) is 0 Å². The highest BCUT2D eigenvalue weighted by atomic mass is 35.5. The molecule has 3 rings (SSSR count). The topological polar surface area (TPSA) is 41.0 Å². The van der Waals surface area contributed by atoms with Crippen LogP contribution < -0.4 is 5.32 Å². The molecule has 0 bridgehead atoms. The molecule has 0 aliphatic carbocycles. The van der Waals surface area contributed by atoms with E-state index in [0.29, 0.717) is 6.04 Å². The summed E-state index contributed by atoms with van der Waals surface area (Å²) in [6, 6.07) is 8.36. The van der Waals surface area contributed by atoms with Gasteiger partial charge in [0, 0.05) is 42.6 Å². The molecule has 1 fully saturated rings. The van der Waals surface area contributed by atoms with Crippen LogP contribution >= 0.6 is 35.5 Å². The molecule has 1 atom stereocenters. The zero-order valence-electron chi connectivity index (χ0n) is 10.8. The lowest BCUT2D eigenvalue weighted by atomic mass is 10.0. The van der Waals surface area contributed by atoms with Gasteiger partial charge in [-0.15, -0.1) is 17.5 Å². The van der Waals surface area contributed by atoms with E-state index in [9.17, 15) is 0 Å². The predicted molar refractivity (Wildman–Crippen MR) is 84.6 cm³/mol. The van der Waals surface area contributed by atoms with Crippen LogP contribution in [0.4, 0.5) is 0 Å². The fraction of sp³-hybridized carbons (Fsp3) is 0.385. The van der Waals surface area contributed by atoms with E-state index in [1.54, 1.807) is 0 Å². The summed E-state index contributed by atoms with van der Waals surface area (Å²) in [5, 5.41) is 10.4. The van der Waals surface area contributed by atoms with Crippen LogP contribution in [0, 0.1) is 0 Å². The second-order valence-corrected chi connectivity index (χ2v) is 5.63. The number of nitrogens with zero attached hydrogens (tertiary/aromatic N) is 3. The van der Waals surface area contributed by atoms with E-state index < -0.39 is 0 Å². The third-order valence-electron chi connectivity index (χ3n) is 3.39. The van der Waals surface area contributed by atoms with Crippen molar-refractivity contribution in [1.29, 1.82) is 0 Å². The van der Waals surface area contributed by atoms with Gasteiger partial charge < -0.3 is 5.32 Å². The third kappa shape index (κ3) is 3.48. The van der Waals surface area contributed by atoms with Crippen molar-refractivity contribution in [1.82, 2.24) is 19.8 Å². The molecule has 0 saturated carbocycles. The molecule has 1 unspecified atom stereocenters. The minimum atomic E-state index is 0. The van der Waals surface area contributed by atoms with Crippen LogP contribution in [0.15, 0.2) is 29.6 Å². The Morgan fingerprint density at radius 1 is 1.40 bits per heavy atom. The number of benzene rings is 1. The van der Waals surface area contributed by atoms with Gasteiger partial charge in [0.25, 0.3) is 0 Å². The Kier molecular flexibility index (Phi) is 5.74. The van der Waals surface area contributed by atoms with Crippen LogP contribution in [0.2, 0.25) is 5.02 Å². The SMILES string of the molecule is Cl.Clc1ccccc1C1CNCCN1Cc1csnn1. The number of hydrogen-bond acceptors (Lipinski definition) is 5. The van der Waals surface area contributed by atoms with Gasteiger partial charge in [0.05, 0.1) is 5.69 Å². The first kappa shape index (κ1) is 15.7. The second-order valence-electron chi connectivity index (χ2n) is 4.61. The van der Waals surface area contributed by atoms with E-state index >= 15 is 0 Å². The van der Waals surface area contributed by atoms with Crippen molar-refractivity contribution in [2.75, 3.05) is 19.6 Å². The summed E-state index contributed by atoms with van der Waals surface area (Å²) in [6.07, 6.45) is 0. The Morgan fingerprint density at radius 2 is 2.25 bits per heavy atom. The molecule has 0 amide bonds. The van der Waals surface area contributed by atoms with Gasteiger partial charge in [-0.2, -0.15) is 0 Å². The Morgan fingerprint density at radius 3 is 3.00 bits per heavy atom. The summed E-state index contributed by atoms with van der Waals surface area (Å²) in [7, 11) is 0. The number of hydrogen-bond donors (Lipinski definition) is 1. The minimum Gasteiger partial charge on any atom is -0.314 e. The molecular formula is C13H16Cl2N4S. The van der Waals surface area contributed by atoms with Crippen molar-refractivity contribution in [2.24, 2.45) is 0 Å². The maximum atomic E-state index is 6.32. The van der Waals surface area contributed by atoms with Crippen LogP contribution in [0.25, 0.3) is 0 Å². The first-order valence-electron chi connectivity index (χ1n) is 6.30. The quantitative estimate of drug-likeness (QED) is 0.939. The van der Waals surface area contributed by atoms with E-state index in [1.807, 2.05) is 23.6 Å². The van der Waals surface area contributed by atoms with Gasteiger partial charge >= 0.3 is 0 Å². The van der Waals surface area contributed by atoms with Gasteiger partial charge in [0.2, 0.25) is 0 Å². The Labute approximate surface area is 133 Å². The molecular weight excluding hydrogens is 315 g/mol. The number of rotatable bonds is 3. The number of halogens is 2. The molecule has 1 aromatic heterocycles. The highest BCUT2D eigenvalue weighted by Gasteiger charge is 2.25. The smallest absolute Gasteiger partial charge is 0.0895 e. The minimum absolute atomic E-state index is 0. The van der Waals surface area contributed by atoms with Crippen molar-refractivity contribution >= 4 is 35.5 Å². The molecule has 0 spiro atoms. The molecule has 4 nitrogen and oxygen atoms in total. The fourth-order valence-electron chi connectivity index (χ4n) is 2.45. The summed E-state index contributed by atoms with van der Waals surface area (Å²) in [5.41, 5.74) is 2.21. The van der Waals surface area contributed by atoms with Crippen molar-refractivity contribution in [3.05, 3.63) is 45.9 Å². The lowest BCUT2D eigenvalue weighted by Crippen LogP contribution is -2.45. The summed E-state index contributed by atoms with van der Waals surface area (Å²) in [5.74, 6) is 0. The Hall–Kier alpha value is -0.720. The largest absolute Gasteiger partial charge is 0.314 e. The van der Waals surface area contributed by atoms with Gasteiger partial charge in [-0.05, 0) is 23.2 Å². The molecule has 108 valence electrons. The van der Waals surface area contributed by atoms with Crippen LogP contribution in [-0.2, 0) is 6.54 Å². The lowest BCUT2D eigenvalue weighted by Gasteiger charge is -2.36. The highest BCUT2D eigenvalue weighted by Crippen LogP contribution is 2.29. The van der Waals surface area contributed by atoms with Crippen LogP contribution in [-0.4, -0.2) is 34.1 Å². The molecule has 20 heavy (non-hydrogen) atoms. The summed E-state index contributed by atoms with van der Waals surface area (Å²) < 4.78 is 3.93. The third-order valence-corrected chi connectivity index (χ3v) is 4.29. The molecule has 1 aliphatic heterocycles. The standard InChI is InChI=1S/C13H15ClN4S.ClH/c14-12-4-2-1-3-11(12)13-7-15-5-6-18(13)8-10-9-19-17-16-10;/h1-4,9,13,15H,5-8H2;1H. The van der Waals surface area contributed by atoms with E-state index in [4.69, 9.17) is 11.6 Å². The van der Waals surface area contributed by atoms with Crippen LogP contribution in [0.1, 0.15) is 17.3 Å². The molecule has 1 aliphatic rings. The van der Waals surface area contributed by atoms with Crippen LogP contribution in [0.3, 0.4) is 0 Å². The molecule has 2 aromatic rings. The molecule has 1 saturated heterocycles. The van der Waals surface area contributed by atoms with E-state index in [2.05, 4.69) is 25.9 Å². The van der Waals surface area contributed by atoms with Crippen molar-refractivity contribution in [3.63, 3.8) is 0 Å². The van der Waals surface area contributed by atoms with E-state index in [0.717, 1.165) is 36.9 Å². The van der Waals surface area contributed by atoms with E-state index in [-0.39, 0.29) is 12.4 Å². The first-order chi connectivity index (χ1) is 9.34. The summed E-state index contributed by atoms with van der Waals surface area (Å²) in [6.45, 7) is 3.74. The average Bonchev–Trinajstić information content (AvgIpc) is 2.93. The Bertz CT molecular complexity index is 535. The maximum Gasteiger partial charge on any atom is 0.0895 e.